The van der Waals surface area contributed by atoms with Crippen LogP contribution in [0.2, 0.25) is 0 Å². The number of hydrogen-bond donors (Lipinski definition) is 1. The Bertz CT molecular complexity index is 328. The predicted octanol–water partition coefficient (Wildman–Crippen LogP) is 1.94. The van der Waals surface area contributed by atoms with Crippen LogP contribution >= 0.6 is 0 Å². The lowest BCUT2D eigenvalue weighted by Crippen LogP contribution is -2.42. The Morgan fingerprint density at radius 3 is 3.19 bits per heavy atom. The van der Waals surface area contributed by atoms with E-state index in [-0.39, 0.29) is 6.10 Å². The normalized spacial score (nSPS) is 30.2. The Morgan fingerprint density at radius 2 is 2.50 bits per heavy atom. The number of rotatable bonds is 3. The molecule has 1 aromatic heterocycles. The van der Waals surface area contributed by atoms with Crippen LogP contribution in [-0.4, -0.2) is 28.4 Å². The summed E-state index contributed by atoms with van der Waals surface area (Å²) in [6.45, 7) is 2.76. The number of pyridine rings is 1. The lowest BCUT2D eigenvalue weighted by atomic mass is 9.84. The van der Waals surface area contributed by atoms with Crippen LogP contribution < -0.4 is 0 Å². The molecule has 1 aliphatic heterocycles. The Kier molecular flexibility index (Phi) is 3.56. The van der Waals surface area contributed by atoms with Crippen LogP contribution in [0.25, 0.3) is 0 Å². The molecule has 2 atom stereocenters. The van der Waals surface area contributed by atoms with E-state index in [4.69, 9.17) is 4.74 Å². The van der Waals surface area contributed by atoms with E-state index in [1.807, 2.05) is 18.3 Å². The van der Waals surface area contributed by atoms with Crippen molar-refractivity contribution in [2.24, 2.45) is 0 Å². The van der Waals surface area contributed by atoms with E-state index in [0.29, 0.717) is 13.0 Å². The first-order valence-electron chi connectivity index (χ1n) is 5.95. The molecule has 0 amide bonds. The van der Waals surface area contributed by atoms with Crippen molar-refractivity contribution in [3.63, 3.8) is 0 Å². The van der Waals surface area contributed by atoms with Gasteiger partial charge < -0.3 is 9.84 Å². The van der Waals surface area contributed by atoms with Crippen molar-refractivity contribution < 1.29 is 9.84 Å². The minimum absolute atomic E-state index is 0.204. The smallest absolute Gasteiger partial charge is 0.0735 e. The lowest BCUT2D eigenvalue weighted by Gasteiger charge is -2.36. The van der Waals surface area contributed by atoms with Gasteiger partial charge in [0.25, 0.3) is 0 Å². The SMILES string of the molecule is CCC1CC(O)(Cc2cccnc2)CCO1. The molecule has 2 heterocycles. The second-order valence-electron chi connectivity index (χ2n) is 4.62. The zero-order valence-corrected chi connectivity index (χ0v) is 9.72. The van der Waals surface area contributed by atoms with Gasteiger partial charge in [-0.05, 0) is 24.5 Å². The highest BCUT2D eigenvalue weighted by Crippen LogP contribution is 2.29. The standard InChI is InChI=1S/C13H19NO2/c1-2-12-9-13(15,5-7-16-12)8-11-4-3-6-14-10-11/h3-4,6,10,12,15H,2,5,7-9H2,1H3. The van der Waals surface area contributed by atoms with E-state index in [2.05, 4.69) is 11.9 Å². The first-order chi connectivity index (χ1) is 7.72. The monoisotopic (exact) mass is 221 g/mol. The summed E-state index contributed by atoms with van der Waals surface area (Å²) in [5.41, 5.74) is 0.490. The van der Waals surface area contributed by atoms with E-state index >= 15 is 0 Å². The number of aromatic nitrogens is 1. The van der Waals surface area contributed by atoms with Gasteiger partial charge in [-0.15, -0.1) is 0 Å². The Balaban J connectivity index is 2.02. The fraction of sp³-hybridized carbons (Fsp3) is 0.615. The summed E-state index contributed by atoms with van der Waals surface area (Å²) in [5, 5.41) is 10.5. The largest absolute Gasteiger partial charge is 0.389 e. The summed E-state index contributed by atoms with van der Waals surface area (Å²) >= 11 is 0. The van der Waals surface area contributed by atoms with E-state index < -0.39 is 5.60 Å². The summed E-state index contributed by atoms with van der Waals surface area (Å²) in [4.78, 5) is 4.08. The molecule has 88 valence electrons. The molecule has 1 aliphatic rings. The third kappa shape index (κ3) is 2.80. The average molecular weight is 221 g/mol. The van der Waals surface area contributed by atoms with E-state index in [0.717, 1.165) is 24.8 Å². The van der Waals surface area contributed by atoms with Gasteiger partial charge in [0, 0.05) is 31.8 Å². The third-order valence-electron chi connectivity index (χ3n) is 3.24. The van der Waals surface area contributed by atoms with Crippen LogP contribution in [0.1, 0.15) is 31.7 Å². The van der Waals surface area contributed by atoms with Gasteiger partial charge in [-0.3, -0.25) is 4.98 Å². The van der Waals surface area contributed by atoms with Crippen LogP contribution in [-0.2, 0) is 11.2 Å². The molecular weight excluding hydrogens is 202 g/mol. The summed E-state index contributed by atoms with van der Waals surface area (Å²) in [5.74, 6) is 0. The fourth-order valence-corrected chi connectivity index (χ4v) is 2.31. The molecule has 1 saturated heterocycles. The minimum Gasteiger partial charge on any atom is -0.389 e. The zero-order chi connectivity index (χ0) is 11.4. The second kappa shape index (κ2) is 4.93. The third-order valence-corrected chi connectivity index (χ3v) is 3.24. The van der Waals surface area contributed by atoms with Gasteiger partial charge in [-0.2, -0.15) is 0 Å². The zero-order valence-electron chi connectivity index (χ0n) is 9.72. The molecular formula is C13H19NO2. The van der Waals surface area contributed by atoms with Gasteiger partial charge >= 0.3 is 0 Å². The molecule has 2 unspecified atom stereocenters. The topological polar surface area (TPSA) is 42.4 Å². The van der Waals surface area contributed by atoms with Gasteiger partial charge in [0.15, 0.2) is 0 Å². The van der Waals surface area contributed by atoms with Crippen molar-refractivity contribution in [1.29, 1.82) is 0 Å². The highest BCUT2D eigenvalue weighted by atomic mass is 16.5. The Hall–Kier alpha value is -0.930. The number of ether oxygens (including phenoxy) is 1. The van der Waals surface area contributed by atoms with E-state index in [1.54, 1.807) is 6.20 Å². The van der Waals surface area contributed by atoms with Gasteiger partial charge in [0.2, 0.25) is 0 Å². The average Bonchev–Trinajstić information content (AvgIpc) is 2.29. The molecule has 0 spiro atoms. The van der Waals surface area contributed by atoms with E-state index in [9.17, 15) is 5.11 Å². The molecule has 0 saturated carbocycles. The van der Waals surface area contributed by atoms with Crippen LogP contribution in [0.5, 0.6) is 0 Å². The predicted molar refractivity (Wildman–Crippen MR) is 62.2 cm³/mol. The van der Waals surface area contributed by atoms with Gasteiger partial charge in [-0.1, -0.05) is 13.0 Å². The van der Waals surface area contributed by atoms with Crippen LogP contribution in [0.15, 0.2) is 24.5 Å². The maximum absolute atomic E-state index is 10.5. The lowest BCUT2D eigenvalue weighted by molar-refractivity contribution is -0.103. The number of nitrogens with zero attached hydrogens (tertiary/aromatic N) is 1. The molecule has 3 nitrogen and oxygen atoms in total. The van der Waals surface area contributed by atoms with Crippen LogP contribution in [0.3, 0.4) is 0 Å². The van der Waals surface area contributed by atoms with Crippen molar-refractivity contribution in [2.45, 2.75) is 44.3 Å². The van der Waals surface area contributed by atoms with Crippen molar-refractivity contribution in [3.8, 4) is 0 Å². The minimum atomic E-state index is -0.609. The highest BCUT2D eigenvalue weighted by molar-refractivity contribution is 5.12. The van der Waals surface area contributed by atoms with Crippen molar-refractivity contribution in [2.75, 3.05) is 6.61 Å². The molecule has 0 radical (unpaired) electrons. The summed E-state index contributed by atoms with van der Waals surface area (Å²) in [6, 6.07) is 3.93. The number of aliphatic hydroxyl groups is 1. The molecule has 0 aliphatic carbocycles. The van der Waals surface area contributed by atoms with Crippen molar-refractivity contribution in [3.05, 3.63) is 30.1 Å². The first kappa shape index (κ1) is 11.6. The maximum Gasteiger partial charge on any atom is 0.0735 e. The highest BCUT2D eigenvalue weighted by Gasteiger charge is 2.34. The Labute approximate surface area is 96.5 Å². The molecule has 0 bridgehead atoms. The summed E-state index contributed by atoms with van der Waals surface area (Å²) in [7, 11) is 0. The molecule has 1 fully saturated rings. The van der Waals surface area contributed by atoms with E-state index in [1.165, 1.54) is 0 Å². The van der Waals surface area contributed by atoms with Crippen LogP contribution in [0, 0.1) is 0 Å². The molecule has 16 heavy (non-hydrogen) atoms. The molecule has 1 aromatic rings. The summed E-state index contributed by atoms with van der Waals surface area (Å²) in [6.07, 6.45) is 6.89. The quantitative estimate of drug-likeness (QED) is 0.848. The Morgan fingerprint density at radius 1 is 1.62 bits per heavy atom. The second-order valence-corrected chi connectivity index (χ2v) is 4.62. The summed E-state index contributed by atoms with van der Waals surface area (Å²) < 4.78 is 5.58. The first-order valence-corrected chi connectivity index (χ1v) is 5.95. The van der Waals surface area contributed by atoms with Crippen molar-refractivity contribution >= 4 is 0 Å². The number of hydrogen-bond acceptors (Lipinski definition) is 3. The van der Waals surface area contributed by atoms with Crippen molar-refractivity contribution in [1.82, 2.24) is 4.98 Å². The molecule has 0 aromatic carbocycles. The molecule has 3 heteroatoms. The maximum atomic E-state index is 10.5. The molecule has 2 rings (SSSR count). The van der Waals surface area contributed by atoms with Gasteiger partial charge in [0.1, 0.15) is 0 Å². The van der Waals surface area contributed by atoms with Crippen LogP contribution in [0.4, 0.5) is 0 Å². The van der Waals surface area contributed by atoms with Gasteiger partial charge in [0.05, 0.1) is 11.7 Å². The molecule has 1 N–H and O–H groups in total. The fourth-order valence-electron chi connectivity index (χ4n) is 2.31. The van der Waals surface area contributed by atoms with Gasteiger partial charge in [-0.25, -0.2) is 0 Å².